The predicted molar refractivity (Wildman–Crippen MR) is 107 cm³/mol. The number of phenols is 2. The molecule has 0 bridgehead atoms. The SMILES string of the molecule is CC(C)=O.O=C1C[C@H]2C(=C3c4c2ccc(O)c4[C@@H](O)C[C@@H]3O)c2cccc(O)c21. The summed E-state index contributed by atoms with van der Waals surface area (Å²) < 4.78 is 0. The molecule has 0 amide bonds. The maximum Gasteiger partial charge on any atom is 0.168 e. The monoisotopic (exact) mass is 394 g/mol. The van der Waals surface area contributed by atoms with Crippen molar-refractivity contribution < 1.29 is 30.0 Å². The Bertz CT molecular complexity index is 1080. The minimum Gasteiger partial charge on any atom is -0.508 e. The number of carbonyl (C=O) groups is 2. The van der Waals surface area contributed by atoms with Crippen LogP contribution in [0.1, 0.15) is 71.3 Å². The number of ketones is 2. The Morgan fingerprint density at radius 3 is 2.31 bits per heavy atom. The number of benzene rings is 2. The number of hydrogen-bond donors (Lipinski definition) is 4. The normalized spacial score (nSPS) is 23.6. The van der Waals surface area contributed by atoms with Crippen molar-refractivity contribution in [3.63, 3.8) is 0 Å². The molecule has 6 heteroatoms. The summed E-state index contributed by atoms with van der Waals surface area (Å²) in [4.78, 5) is 22.1. The second-order valence-corrected chi connectivity index (χ2v) is 7.85. The van der Waals surface area contributed by atoms with Gasteiger partial charge in [0.05, 0.1) is 17.8 Å². The minimum absolute atomic E-state index is 0.00245. The Balaban J connectivity index is 0.000000472. The molecule has 150 valence electrons. The molecule has 2 aromatic carbocycles. The molecule has 2 aromatic rings. The molecule has 0 fully saturated rings. The molecule has 0 saturated carbocycles. The number of fused-ring (bicyclic) bond motifs is 4. The van der Waals surface area contributed by atoms with Gasteiger partial charge in [0.15, 0.2) is 5.78 Å². The van der Waals surface area contributed by atoms with Crippen LogP contribution in [0.4, 0.5) is 0 Å². The van der Waals surface area contributed by atoms with E-state index in [1.807, 2.05) is 0 Å². The Labute approximate surface area is 167 Å². The highest BCUT2D eigenvalue weighted by Gasteiger charge is 2.46. The van der Waals surface area contributed by atoms with Gasteiger partial charge in [0.1, 0.15) is 17.3 Å². The van der Waals surface area contributed by atoms with Crippen LogP contribution in [0.3, 0.4) is 0 Å². The van der Waals surface area contributed by atoms with Gasteiger partial charge in [-0.1, -0.05) is 18.2 Å². The quantitative estimate of drug-likeness (QED) is 0.546. The maximum atomic E-state index is 12.6. The van der Waals surface area contributed by atoms with E-state index in [1.165, 1.54) is 26.0 Å². The lowest BCUT2D eigenvalue weighted by Gasteiger charge is -2.29. The van der Waals surface area contributed by atoms with E-state index in [-0.39, 0.29) is 47.4 Å². The van der Waals surface area contributed by atoms with Gasteiger partial charge in [-0.15, -0.1) is 0 Å². The number of aromatic hydroxyl groups is 2. The van der Waals surface area contributed by atoms with E-state index < -0.39 is 12.2 Å². The number of aliphatic hydroxyl groups is 2. The van der Waals surface area contributed by atoms with E-state index >= 15 is 0 Å². The lowest BCUT2D eigenvalue weighted by atomic mass is 9.77. The largest absolute Gasteiger partial charge is 0.508 e. The first kappa shape index (κ1) is 19.4. The van der Waals surface area contributed by atoms with E-state index in [2.05, 4.69) is 0 Å². The Morgan fingerprint density at radius 2 is 1.62 bits per heavy atom. The third-order valence-corrected chi connectivity index (χ3v) is 5.65. The molecule has 0 aromatic heterocycles. The van der Waals surface area contributed by atoms with E-state index in [4.69, 9.17) is 0 Å². The van der Waals surface area contributed by atoms with Crippen LogP contribution in [-0.2, 0) is 4.79 Å². The predicted octanol–water partition coefficient (Wildman–Crippen LogP) is 3.09. The van der Waals surface area contributed by atoms with Crippen molar-refractivity contribution in [3.8, 4) is 11.5 Å². The summed E-state index contributed by atoms with van der Waals surface area (Å²) in [6.45, 7) is 3.06. The first-order valence-corrected chi connectivity index (χ1v) is 9.51. The molecule has 5 rings (SSSR count). The molecule has 3 aliphatic rings. The second kappa shape index (κ2) is 6.83. The van der Waals surface area contributed by atoms with Gasteiger partial charge < -0.3 is 25.2 Å². The lowest BCUT2D eigenvalue weighted by molar-refractivity contribution is -0.115. The fraction of sp³-hybridized carbons (Fsp3) is 0.304. The second-order valence-electron chi connectivity index (χ2n) is 7.85. The fourth-order valence-corrected chi connectivity index (χ4v) is 4.71. The van der Waals surface area contributed by atoms with Gasteiger partial charge in [-0.3, -0.25) is 4.79 Å². The molecule has 0 radical (unpaired) electrons. The van der Waals surface area contributed by atoms with Crippen LogP contribution < -0.4 is 0 Å². The highest BCUT2D eigenvalue weighted by molar-refractivity contribution is 6.14. The van der Waals surface area contributed by atoms with E-state index in [0.717, 1.165) is 11.1 Å². The van der Waals surface area contributed by atoms with Gasteiger partial charge in [-0.25, -0.2) is 0 Å². The van der Waals surface area contributed by atoms with E-state index in [1.54, 1.807) is 18.2 Å². The van der Waals surface area contributed by atoms with Crippen LogP contribution in [0.15, 0.2) is 30.3 Å². The number of aliphatic hydroxyl groups excluding tert-OH is 2. The summed E-state index contributed by atoms with van der Waals surface area (Å²) in [6.07, 6.45) is -1.54. The number of carbonyl (C=O) groups excluding carboxylic acids is 2. The zero-order valence-electron chi connectivity index (χ0n) is 16.1. The molecule has 3 aliphatic carbocycles. The Morgan fingerprint density at radius 1 is 0.931 bits per heavy atom. The summed E-state index contributed by atoms with van der Waals surface area (Å²) in [7, 11) is 0. The van der Waals surface area contributed by atoms with Crippen molar-refractivity contribution in [2.24, 2.45) is 0 Å². The van der Waals surface area contributed by atoms with Crippen LogP contribution in [0.25, 0.3) is 11.1 Å². The van der Waals surface area contributed by atoms with Gasteiger partial charge in [-0.05, 0) is 53.8 Å². The molecule has 6 nitrogen and oxygen atoms in total. The van der Waals surface area contributed by atoms with Crippen LogP contribution in [0, 0.1) is 0 Å². The zero-order chi connectivity index (χ0) is 21.0. The van der Waals surface area contributed by atoms with Crippen LogP contribution >= 0.6 is 0 Å². The highest BCUT2D eigenvalue weighted by atomic mass is 16.3. The molecular formula is C23H22O6. The van der Waals surface area contributed by atoms with Gasteiger partial charge in [-0.2, -0.15) is 0 Å². The van der Waals surface area contributed by atoms with Gasteiger partial charge in [0, 0.05) is 24.3 Å². The summed E-state index contributed by atoms with van der Waals surface area (Å²) >= 11 is 0. The molecule has 0 spiro atoms. The van der Waals surface area contributed by atoms with Gasteiger partial charge in [0.2, 0.25) is 0 Å². The standard InChI is InChI=1S/C20H16O5.C3H6O/c21-11-3-1-2-9-16-10(6-13(23)17(9)11)8-4-5-12(22)19-14(24)7-15(25)20(16)18(8)19;1-3(2)4/h1-5,10,14-15,21-22,24-25H,6-7H2;1-2H3/t10-,14+,15+;/m1./s1. The van der Waals surface area contributed by atoms with Crippen molar-refractivity contribution in [3.05, 3.63) is 58.1 Å². The number of phenolic OH excluding ortho intramolecular Hbond substituents is 2. The molecule has 0 unspecified atom stereocenters. The Kier molecular flexibility index (Phi) is 4.56. The van der Waals surface area contributed by atoms with Crippen molar-refractivity contribution in [2.75, 3.05) is 0 Å². The molecular weight excluding hydrogens is 372 g/mol. The first-order valence-electron chi connectivity index (χ1n) is 9.51. The average molecular weight is 394 g/mol. The minimum atomic E-state index is -0.950. The molecule has 29 heavy (non-hydrogen) atoms. The van der Waals surface area contributed by atoms with Crippen LogP contribution in [-0.4, -0.2) is 38.1 Å². The zero-order valence-corrected chi connectivity index (χ0v) is 16.1. The smallest absolute Gasteiger partial charge is 0.168 e. The summed E-state index contributed by atoms with van der Waals surface area (Å²) in [5, 5.41) is 41.4. The third kappa shape index (κ3) is 2.87. The van der Waals surface area contributed by atoms with Crippen molar-refractivity contribution in [1.82, 2.24) is 0 Å². The third-order valence-electron chi connectivity index (χ3n) is 5.65. The highest BCUT2D eigenvalue weighted by Crippen LogP contribution is 2.59. The maximum absolute atomic E-state index is 12.6. The van der Waals surface area contributed by atoms with Crippen LogP contribution in [0.2, 0.25) is 0 Å². The average Bonchev–Trinajstić information content (AvgIpc) is 2.95. The number of hydrogen-bond acceptors (Lipinski definition) is 6. The summed E-state index contributed by atoms with van der Waals surface area (Å²) in [5.41, 5.74) is 4.34. The lowest BCUT2D eigenvalue weighted by Crippen LogP contribution is -2.22. The fourth-order valence-electron chi connectivity index (χ4n) is 4.71. The molecule has 0 aliphatic heterocycles. The number of Topliss-reactive ketones (excluding diaryl/α,β-unsaturated/α-hetero) is 2. The Hall–Kier alpha value is -2.96. The molecule has 0 saturated heterocycles. The van der Waals surface area contributed by atoms with Crippen molar-refractivity contribution in [1.29, 1.82) is 0 Å². The van der Waals surface area contributed by atoms with Crippen molar-refractivity contribution >= 4 is 22.7 Å². The van der Waals surface area contributed by atoms with E-state index in [9.17, 15) is 30.0 Å². The summed E-state index contributed by atoms with van der Waals surface area (Å²) in [6, 6.07) is 8.26. The van der Waals surface area contributed by atoms with E-state index in [0.29, 0.717) is 22.3 Å². The molecule has 0 heterocycles. The number of rotatable bonds is 0. The summed E-state index contributed by atoms with van der Waals surface area (Å²) in [5.74, 6) is -0.264. The molecule has 4 N–H and O–H groups in total. The first-order chi connectivity index (χ1) is 13.7. The van der Waals surface area contributed by atoms with Crippen molar-refractivity contribution in [2.45, 2.75) is 44.8 Å². The van der Waals surface area contributed by atoms with Crippen LogP contribution in [0.5, 0.6) is 11.5 Å². The topological polar surface area (TPSA) is 115 Å². The number of allylic oxidation sites excluding steroid dienone is 1. The molecule has 3 atom stereocenters. The van der Waals surface area contributed by atoms with Gasteiger partial charge in [0.25, 0.3) is 0 Å². The van der Waals surface area contributed by atoms with Gasteiger partial charge >= 0.3 is 0 Å².